The van der Waals surface area contributed by atoms with Crippen LogP contribution < -0.4 is 10.1 Å². The molecule has 0 spiro atoms. The fraction of sp³-hybridized carbons (Fsp3) is 0.524. The number of fused-ring (bicyclic) bond motifs is 1. The minimum absolute atomic E-state index is 0.000584. The predicted octanol–water partition coefficient (Wildman–Crippen LogP) is 3.05. The number of carbonyl (C=O) groups excluding carboxylic acids is 1. The van der Waals surface area contributed by atoms with Crippen LogP contribution in [0.1, 0.15) is 25.5 Å². The molecule has 27 heavy (non-hydrogen) atoms. The smallest absolute Gasteiger partial charge is 0.317 e. The fourth-order valence-electron chi connectivity index (χ4n) is 3.32. The van der Waals surface area contributed by atoms with Gasteiger partial charge in [-0.1, -0.05) is 31.5 Å². The highest BCUT2D eigenvalue weighted by atomic mass is 16.5. The van der Waals surface area contributed by atoms with Crippen LogP contribution in [0.2, 0.25) is 0 Å². The number of ether oxygens (including phenoxy) is 1. The van der Waals surface area contributed by atoms with Gasteiger partial charge in [0, 0.05) is 37.3 Å². The Bertz CT molecular complexity index is 757. The van der Waals surface area contributed by atoms with Gasteiger partial charge in [0.25, 0.3) is 0 Å². The van der Waals surface area contributed by atoms with Crippen molar-refractivity contribution >= 4 is 16.9 Å². The molecular weight excluding hydrogens is 340 g/mol. The Morgan fingerprint density at radius 2 is 2.00 bits per heavy atom. The van der Waals surface area contributed by atoms with Crippen molar-refractivity contribution in [1.29, 1.82) is 0 Å². The molecule has 0 bridgehead atoms. The lowest BCUT2D eigenvalue weighted by Gasteiger charge is -2.34. The molecule has 1 N–H and O–H groups in total. The van der Waals surface area contributed by atoms with Gasteiger partial charge in [-0.25, -0.2) is 9.78 Å². The Labute approximate surface area is 161 Å². The SMILES string of the molecule is CCCCN1CCN(C(=O)NCCOc2cccc3ccc(C)nc23)CC1. The van der Waals surface area contributed by atoms with E-state index in [4.69, 9.17) is 4.74 Å². The summed E-state index contributed by atoms with van der Waals surface area (Å²) in [7, 11) is 0. The van der Waals surface area contributed by atoms with Crippen LogP contribution in [0.15, 0.2) is 30.3 Å². The van der Waals surface area contributed by atoms with Gasteiger partial charge in [0.2, 0.25) is 0 Å². The summed E-state index contributed by atoms with van der Waals surface area (Å²) in [5.74, 6) is 0.759. The molecule has 1 aromatic heterocycles. The van der Waals surface area contributed by atoms with Crippen molar-refractivity contribution < 1.29 is 9.53 Å². The largest absolute Gasteiger partial charge is 0.489 e. The Balaban J connectivity index is 1.42. The van der Waals surface area contributed by atoms with E-state index in [1.165, 1.54) is 12.8 Å². The van der Waals surface area contributed by atoms with Crippen molar-refractivity contribution in [1.82, 2.24) is 20.1 Å². The summed E-state index contributed by atoms with van der Waals surface area (Å²) in [4.78, 5) is 21.2. The molecule has 2 heterocycles. The zero-order valence-corrected chi connectivity index (χ0v) is 16.4. The van der Waals surface area contributed by atoms with Gasteiger partial charge in [-0.05, 0) is 32.0 Å². The molecule has 6 heteroatoms. The third-order valence-electron chi connectivity index (χ3n) is 4.95. The van der Waals surface area contributed by atoms with Crippen LogP contribution in [0, 0.1) is 6.92 Å². The third kappa shape index (κ3) is 5.32. The first-order valence-corrected chi connectivity index (χ1v) is 9.91. The summed E-state index contributed by atoms with van der Waals surface area (Å²) in [5.41, 5.74) is 1.83. The highest BCUT2D eigenvalue weighted by molar-refractivity contribution is 5.84. The quantitative estimate of drug-likeness (QED) is 0.761. The number of carbonyl (C=O) groups is 1. The lowest BCUT2D eigenvalue weighted by Crippen LogP contribution is -2.52. The van der Waals surface area contributed by atoms with E-state index in [1.807, 2.05) is 42.2 Å². The molecule has 0 aliphatic carbocycles. The van der Waals surface area contributed by atoms with E-state index in [9.17, 15) is 4.79 Å². The molecule has 3 rings (SSSR count). The minimum atomic E-state index is 0.000584. The second-order valence-electron chi connectivity index (χ2n) is 7.04. The topological polar surface area (TPSA) is 57.7 Å². The number of aromatic nitrogens is 1. The Kier molecular flexibility index (Phi) is 6.87. The maximum Gasteiger partial charge on any atom is 0.317 e. The summed E-state index contributed by atoms with van der Waals surface area (Å²) in [6.07, 6.45) is 2.44. The molecule has 1 aliphatic rings. The average Bonchev–Trinajstić information content (AvgIpc) is 2.70. The van der Waals surface area contributed by atoms with Gasteiger partial charge in [0.05, 0.1) is 6.54 Å². The second-order valence-corrected chi connectivity index (χ2v) is 7.04. The van der Waals surface area contributed by atoms with Crippen molar-refractivity contribution in [3.63, 3.8) is 0 Å². The number of rotatable bonds is 7. The first-order valence-electron chi connectivity index (χ1n) is 9.91. The van der Waals surface area contributed by atoms with E-state index in [0.717, 1.165) is 55.1 Å². The molecule has 1 aromatic carbocycles. The number of unbranched alkanes of at least 4 members (excludes halogenated alkanes) is 1. The lowest BCUT2D eigenvalue weighted by atomic mass is 10.2. The van der Waals surface area contributed by atoms with Gasteiger partial charge < -0.3 is 15.0 Å². The molecule has 0 unspecified atom stereocenters. The number of hydrogen-bond acceptors (Lipinski definition) is 4. The normalized spacial score (nSPS) is 15.1. The summed E-state index contributed by atoms with van der Waals surface area (Å²) in [5, 5.41) is 4.02. The van der Waals surface area contributed by atoms with Crippen molar-refractivity contribution in [2.24, 2.45) is 0 Å². The maximum absolute atomic E-state index is 12.3. The van der Waals surface area contributed by atoms with Crippen LogP contribution in [0.3, 0.4) is 0 Å². The molecule has 2 amide bonds. The van der Waals surface area contributed by atoms with Crippen LogP contribution in [0.25, 0.3) is 10.9 Å². The van der Waals surface area contributed by atoms with Crippen molar-refractivity contribution in [3.8, 4) is 5.75 Å². The number of hydrogen-bond donors (Lipinski definition) is 1. The van der Waals surface area contributed by atoms with Gasteiger partial charge in [-0.2, -0.15) is 0 Å². The van der Waals surface area contributed by atoms with Crippen LogP contribution in [0.4, 0.5) is 4.79 Å². The third-order valence-corrected chi connectivity index (χ3v) is 4.95. The number of nitrogens with one attached hydrogen (secondary N) is 1. The summed E-state index contributed by atoms with van der Waals surface area (Å²) >= 11 is 0. The van der Waals surface area contributed by atoms with Gasteiger partial charge in [-0.15, -0.1) is 0 Å². The van der Waals surface area contributed by atoms with E-state index in [2.05, 4.69) is 22.1 Å². The van der Waals surface area contributed by atoms with E-state index in [1.54, 1.807) is 0 Å². The maximum atomic E-state index is 12.3. The van der Waals surface area contributed by atoms with Crippen LogP contribution in [-0.4, -0.2) is 66.7 Å². The summed E-state index contributed by atoms with van der Waals surface area (Å²) in [6, 6.07) is 9.95. The highest BCUT2D eigenvalue weighted by Crippen LogP contribution is 2.23. The monoisotopic (exact) mass is 370 g/mol. The Morgan fingerprint density at radius 1 is 1.19 bits per heavy atom. The van der Waals surface area contributed by atoms with Crippen molar-refractivity contribution in [3.05, 3.63) is 36.0 Å². The zero-order chi connectivity index (χ0) is 19.1. The van der Waals surface area contributed by atoms with Crippen molar-refractivity contribution in [2.75, 3.05) is 45.9 Å². The van der Waals surface area contributed by atoms with Gasteiger partial charge in [-0.3, -0.25) is 4.90 Å². The molecule has 1 saturated heterocycles. The highest BCUT2D eigenvalue weighted by Gasteiger charge is 2.20. The van der Waals surface area contributed by atoms with Gasteiger partial charge in [0.15, 0.2) is 0 Å². The fourth-order valence-corrected chi connectivity index (χ4v) is 3.32. The number of benzene rings is 1. The molecule has 146 valence electrons. The van der Waals surface area contributed by atoms with Gasteiger partial charge in [0.1, 0.15) is 17.9 Å². The number of pyridine rings is 1. The summed E-state index contributed by atoms with van der Waals surface area (Å²) < 4.78 is 5.87. The number of piperazine rings is 1. The summed E-state index contributed by atoms with van der Waals surface area (Å²) in [6.45, 7) is 9.74. The average molecular weight is 370 g/mol. The second kappa shape index (κ2) is 9.55. The molecule has 6 nitrogen and oxygen atoms in total. The van der Waals surface area contributed by atoms with E-state index in [0.29, 0.717) is 13.2 Å². The Hall–Kier alpha value is -2.34. The number of para-hydroxylation sites is 1. The van der Waals surface area contributed by atoms with Crippen molar-refractivity contribution in [2.45, 2.75) is 26.7 Å². The standard InChI is InChI=1S/C21H30N4O2/c1-3-4-11-24-12-14-25(15-13-24)21(26)22-10-16-27-19-7-5-6-18-9-8-17(2)23-20(18)19/h5-9H,3-4,10-16H2,1-2H3,(H,22,26). The molecule has 0 saturated carbocycles. The zero-order valence-electron chi connectivity index (χ0n) is 16.4. The number of nitrogens with zero attached hydrogens (tertiary/aromatic N) is 3. The van der Waals surface area contributed by atoms with E-state index < -0.39 is 0 Å². The van der Waals surface area contributed by atoms with E-state index >= 15 is 0 Å². The van der Waals surface area contributed by atoms with E-state index in [-0.39, 0.29) is 6.03 Å². The van der Waals surface area contributed by atoms with Crippen LogP contribution in [-0.2, 0) is 0 Å². The number of aryl methyl sites for hydroxylation is 1. The van der Waals surface area contributed by atoms with Crippen LogP contribution >= 0.6 is 0 Å². The molecule has 2 aromatic rings. The molecule has 0 atom stereocenters. The number of amides is 2. The number of urea groups is 1. The minimum Gasteiger partial charge on any atom is -0.489 e. The van der Waals surface area contributed by atoms with Gasteiger partial charge >= 0.3 is 6.03 Å². The lowest BCUT2D eigenvalue weighted by molar-refractivity contribution is 0.137. The first kappa shape index (κ1) is 19.4. The molecular formula is C21H30N4O2. The molecule has 1 aliphatic heterocycles. The predicted molar refractivity (Wildman–Crippen MR) is 108 cm³/mol. The molecule has 1 fully saturated rings. The van der Waals surface area contributed by atoms with Crippen LogP contribution in [0.5, 0.6) is 5.75 Å². The first-order chi connectivity index (χ1) is 13.2. The molecule has 0 radical (unpaired) electrons. The Morgan fingerprint density at radius 3 is 2.78 bits per heavy atom.